The third kappa shape index (κ3) is 3.33. The second kappa shape index (κ2) is 7.38. The first kappa shape index (κ1) is 18.1. The van der Waals surface area contributed by atoms with Crippen molar-refractivity contribution in [2.24, 2.45) is 0 Å². The Kier molecular flexibility index (Phi) is 4.77. The van der Waals surface area contributed by atoms with Crippen molar-refractivity contribution in [2.75, 3.05) is 12.4 Å². The van der Waals surface area contributed by atoms with Crippen LogP contribution in [0.15, 0.2) is 54.9 Å². The van der Waals surface area contributed by atoms with Crippen LogP contribution in [0.4, 0.5) is 5.82 Å². The Hall–Kier alpha value is -3.28. The topological polar surface area (TPSA) is 65.4 Å². The van der Waals surface area contributed by atoms with Crippen molar-refractivity contribution in [3.63, 3.8) is 0 Å². The van der Waals surface area contributed by atoms with E-state index in [4.69, 9.17) is 9.47 Å². The molecule has 1 aromatic heterocycles. The van der Waals surface area contributed by atoms with Gasteiger partial charge in [0.2, 0.25) is 5.91 Å². The van der Waals surface area contributed by atoms with Crippen LogP contribution in [-0.4, -0.2) is 28.7 Å². The number of carbonyl (C=O) groups is 1. The number of para-hydroxylation sites is 1. The fourth-order valence-electron chi connectivity index (χ4n) is 3.52. The average molecular weight is 377 g/mol. The lowest BCUT2D eigenvalue weighted by atomic mass is 9.89. The number of nitrogens with one attached hydrogen (secondary N) is 1. The summed E-state index contributed by atoms with van der Waals surface area (Å²) in [5, 5.41) is 2.98. The summed E-state index contributed by atoms with van der Waals surface area (Å²) in [6.45, 7) is 3.95. The number of imidazole rings is 1. The van der Waals surface area contributed by atoms with Crippen LogP contribution in [0.3, 0.4) is 0 Å². The minimum Gasteiger partial charge on any atom is -0.493 e. The smallest absolute Gasteiger partial charge is 0.226 e. The zero-order valence-corrected chi connectivity index (χ0v) is 16.2. The van der Waals surface area contributed by atoms with E-state index in [9.17, 15) is 4.79 Å². The van der Waals surface area contributed by atoms with Gasteiger partial charge in [-0.2, -0.15) is 0 Å². The zero-order valence-electron chi connectivity index (χ0n) is 16.2. The van der Waals surface area contributed by atoms with Crippen LogP contribution in [0.1, 0.15) is 37.4 Å². The second-order valence-electron chi connectivity index (χ2n) is 7.07. The van der Waals surface area contributed by atoms with Crippen LogP contribution in [-0.2, 0) is 4.79 Å². The second-order valence-corrected chi connectivity index (χ2v) is 7.07. The Morgan fingerprint density at radius 1 is 1.14 bits per heavy atom. The van der Waals surface area contributed by atoms with Gasteiger partial charge in [0.1, 0.15) is 12.1 Å². The van der Waals surface area contributed by atoms with Gasteiger partial charge in [0, 0.05) is 18.0 Å². The van der Waals surface area contributed by atoms with Crippen LogP contribution in [0.25, 0.3) is 5.69 Å². The summed E-state index contributed by atoms with van der Waals surface area (Å²) >= 11 is 0. The van der Waals surface area contributed by atoms with E-state index in [-0.39, 0.29) is 17.9 Å². The number of ether oxygens (including phenoxy) is 2. The molecule has 0 aliphatic carbocycles. The lowest BCUT2D eigenvalue weighted by Gasteiger charge is -2.24. The maximum absolute atomic E-state index is 12.4. The van der Waals surface area contributed by atoms with E-state index in [2.05, 4.69) is 10.3 Å². The van der Waals surface area contributed by atoms with Crippen molar-refractivity contribution in [3.05, 3.63) is 66.1 Å². The molecule has 0 saturated carbocycles. The minimum atomic E-state index is -0.143. The molecule has 1 atom stereocenters. The predicted molar refractivity (Wildman–Crippen MR) is 107 cm³/mol. The number of anilines is 1. The van der Waals surface area contributed by atoms with Crippen molar-refractivity contribution < 1.29 is 14.3 Å². The van der Waals surface area contributed by atoms with Crippen molar-refractivity contribution in [1.29, 1.82) is 0 Å². The molecular formula is C22H23N3O3. The Morgan fingerprint density at radius 3 is 2.64 bits per heavy atom. The molecule has 1 N–H and O–H groups in total. The summed E-state index contributed by atoms with van der Waals surface area (Å²) in [4.78, 5) is 17.1. The summed E-state index contributed by atoms with van der Waals surface area (Å²) in [5.41, 5.74) is 2.78. The standard InChI is InChI=1S/C22H23N3O3/c1-14(2)28-18-10-9-15(11-19(18)27-3)17-12-20(26)24-22-21(17)23-13-25(22)16-7-5-4-6-8-16/h4-11,13-14,17H,12H2,1-3H3,(H,24,26). The van der Waals surface area contributed by atoms with Crippen molar-refractivity contribution in [2.45, 2.75) is 32.3 Å². The van der Waals surface area contributed by atoms with Gasteiger partial charge in [-0.25, -0.2) is 4.98 Å². The van der Waals surface area contributed by atoms with Crippen LogP contribution >= 0.6 is 0 Å². The molecule has 6 nitrogen and oxygen atoms in total. The number of amides is 1. The summed E-state index contributed by atoms with van der Waals surface area (Å²) in [6.07, 6.45) is 2.15. The minimum absolute atomic E-state index is 0.0309. The van der Waals surface area contributed by atoms with E-state index in [0.29, 0.717) is 23.7 Å². The highest BCUT2D eigenvalue weighted by Gasteiger charge is 2.31. The van der Waals surface area contributed by atoms with Crippen LogP contribution in [0.2, 0.25) is 0 Å². The third-order valence-electron chi connectivity index (χ3n) is 4.76. The molecule has 0 fully saturated rings. The monoisotopic (exact) mass is 377 g/mol. The van der Waals surface area contributed by atoms with Gasteiger partial charge in [-0.05, 0) is 43.7 Å². The highest BCUT2D eigenvalue weighted by Crippen LogP contribution is 2.40. The zero-order chi connectivity index (χ0) is 19.7. The molecule has 3 aromatic rings. The summed E-state index contributed by atoms with van der Waals surface area (Å²) in [5.74, 6) is 1.89. The van der Waals surface area contributed by atoms with Crippen LogP contribution < -0.4 is 14.8 Å². The molecule has 0 saturated heterocycles. The number of fused-ring (bicyclic) bond motifs is 1. The Labute approximate surface area is 164 Å². The number of hydrogen-bond donors (Lipinski definition) is 1. The Morgan fingerprint density at radius 2 is 1.93 bits per heavy atom. The maximum atomic E-state index is 12.4. The first-order valence-corrected chi connectivity index (χ1v) is 9.34. The van der Waals surface area contributed by atoms with Crippen LogP contribution in [0.5, 0.6) is 11.5 Å². The maximum Gasteiger partial charge on any atom is 0.226 e. The van der Waals surface area contributed by atoms with Gasteiger partial charge < -0.3 is 14.8 Å². The van der Waals surface area contributed by atoms with Gasteiger partial charge in [-0.15, -0.1) is 0 Å². The molecule has 1 aliphatic rings. The predicted octanol–water partition coefficient (Wildman–Crippen LogP) is 4.14. The normalized spacial score (nSPS) is 15.9. The van der Waals surface area contributed by atoms with Gasteiger partial charge in [0.05, 0.1) is 18.9 Å². The third-order valence-corrected chi connectivity index (χ3v) is 4.76. The molecule has 2 heterocycles. The lowest BCUT2D eigenvalue weighted by Crippen LogP contribution is -2.25. The number of nitrogens with zero attached hydrogens (tertiary/aromatic N) is 2. The van der Waals surface area contributed by atoms with Crippen molar-refractivity contribution in [3.8, 4) is 17.2 Å². The van der Waals surface area contributed by atoms with Gasteiger partial charge in [0.25, 0.3) is 0 Å². The highest BCUT2D eigenvalue weighted by molar-refractivity contribution is 5.94. The molecule has 1 amide bonds. The SMILES string of the molecule is COc1cc(C2CC(=O)Nc3c2ncn3-c2ccccc2)ccc1OC(C)C. The molecule has 0 radical (unpaired) electrons. The quantitative estimate of drug-likeness (QED) is 0.726. The number of hydrogen-bond acceptors (Lipinski definition) is 4. The molecule has 6 heteroatoms. The van der Waals surface area contributed by atoms with Gasteiger partial charge in [-0.1, -0.05) is 24.3 Å². The fourth-order valence-corrected chi connectivity index (χ4v) is 3.52. The van der Waals surface area contributed by atoms with Crippen molar-refractivity contribution >= 4 is 11.7 Å². The Bertz CT molecular complexity index is 996. The first-order chi connectivity index (χ1) is 13.6. The van der Waals surface area contributed by atoms with E-state index < -0.39 is 0 Å². The Balaban J connectivity index is 1.75. The number of rotatable bonds is 5. The van der Waals surface area contributed by atoms with E-state index in [1.54, 1.807) is 13.4 Å². The number of aromatic nitrogens is 2. The molecular weight excluding hydrogens is 354 g/mol. The molecule has 4 rings (SSSR count). The van der Waals surface area contributed by atoms with Crippen molar-refractivity contribution in [1.82, 2.24) is 9.55 Å². The van der Waals surface area contributed by atoms with Gasteiger partial charge >= 0.3 is 0 Å². The molecule has 28 heavy (non-hydrogen) atoms. The summed E-state index contributed by atoms with van der Waals surface area (Å²) in [7, 11) is 1.62. The largest absolute Gasteiger partial charge is 0.493 e. The fraction of sp³-hybridized carbons (Fsp3) is 0.273. The molecule has 144 valence electrons. The van der Waals surface area contributed by atoms with Gasteiger partial charge in [-0.3, -0.25) is 9.36 Å². The van der Waals surface area contributed by atoms with E-state index in [1.807, 2.05) is 66.9 Å². The van der Waals surface area contributed by atoms with E-state index >= 15 is 0 Å². The van der Waals surface area contributed by atoms with E-state index in [1.165, 1.54) is 0 Å². The summed E-state index contributed by atoms with van der Waals surface area (Å²) in [6, 6.07) is 15.7. The highest BCUT2D eigenvalue weighted by atomic mass is 16.5. The molecule has 1 unspecified atom stereocenters. The van der Waals surface area contributed by atoms with Crippen LogP contribution in [0, 0.1) is 0 Å². The molecule has 0 spiro atoms. The first-order valence-electron chi connectivity index (χ1n) is 9.34. The molecule has 2 aromatic carbocycles. The molecule has 1 aliphatic heterocycles. The van der Waals surface area contributed by atoms with E-state index in [0.717, 1.165) is 16.9 Å². The lowest BCUT2D eigenvalue weighted by molar-refractivity contribution is -0.116. The summed E-state index contributed by atoms with van der Waals surface area (Å²) < 4.78 is 13.2. The molecule has 0 bridgehead atoms. The number of carbonyl (C=O) groups excluding carboxylic acids is 1. The van der Waals surface area contributed by atoms with Gasteiger partial charge in [0.15, 0.2) is 11.5 Å². The number of benzene rings is 2. The average Bonchev–Trinajstić information content (AvgIpc) is 3.11. The number of methoxy groups -OCH3 is 1.